The maximum absolute atomic E-state index is 15.0. The number of nitriles is 1. The number of allylic oxidation sites excluding steroid dienone is 1. The number of aromatic nitrogens is 1. The van der Waals surface area contributed by atoms with Gasteiger partial charge in [0, 0.05) is 37.7 Å². The standard InChI is InChI=1S/C28H24F2N4O3/c1-18-24(29)27(36-21-11-6-8-19(16-21)17-31)33-28(25(18)30)37-23-12-7-15-34(2)22(23)13-14-32-26(35)20-9-4-3-5-10-20/h3-12,16H,13-15H2,1-2H3,(H,32,35). The molecule has 7 nitrogen and oxygen atoms in total. The third kappa shape index (κ3) is 5.93. The minimum Gasteiger partial charge on any atom is -0.436 e. The normalized spacial score (nSPS) is 12.8. The van der Waals surface area contributed by atoms with Crippen molar-refractivity contribution in [2.75, 3.05) is 20.1 Å². The fraction of sp³-hybridized carbons (Fsp3) is 0.179. The summed E-state index contributed by atoms with van der Waals surface area (Å²) in [5, 5.41) is 11.9. The van der Waals surface area contributed by atoms with E-state index in [-0.39, 0.29) is 17.2 Å². The molecule has 0 radical (unpaired) electrons. The zero-order valence-electron chi connectivity index (χ0n) is 20.3. The molecule has 3 aromatic rings. The Morgan fingerprint density at radius 1 is 1.11 bits per heavy atom. The maximum atomic E-state index is 15.0. The number of likely N-dealkylation sites (N-methyl/N-ethyl adjacent to an activating group) is 1. The molecule has 1 N–H and O–H groups in total. The smallest absolute Gasteiger partial charge is 0.259 e. The van der Waals surface area contributed by atoms with Gasteiger partial charge in [0.2, 0.25) is 0 Å². The minimum atomic E-state index is -0.971. The van der Waals surface area contributed by atoms with Crippen molar-refractivity contribution < 1.29 is 23.0 Å². The van der Waals surface area contributed by atoms with E-state index >= 15 is 0 Å². The molecule has 188 valence electrons. The minimum absolute atomic E-state index is 0.175. The largest absolute Gasteiger partial charge is 0.436 e. The van der Waals surface area contributed by atoms with Crippen molar-refractivity contribution in [1.29, 1.82) is 5.26 Å². The zero-order chi connectivity index (χ0) is 26.4. The Bertz CT molecular complexity index is 1410. The number of nitrogens with one attached hydrogen (secondary N) is 1. The number of hydrogen-bond donors (Lipinski definition) is 1. The van der Waals surface area contributed by atoms with Gasteiger partial charge in [-0.3, -0.25) is 4.79 Å². The summed E-state index contributed by atoms with van der Waals surface area (Å²) in [6.45, 7) is 2.17. The van der Waals surface area contributed by atoms with Crippen molar-refractivity contribution in [3.05, 3.63) is 107 Å². The molecule has 0 aliphatic carbocycles. The molecule has 37 heavy (non-hydrogen) atoms. The molecule has 1 aliphatic heterocycles. The van der Waals surface area contributed by atoms with Crippen LogP contribution in [0.2, 0.25) is 0 Å². The summed E-state index contributed by atoms with van der Waals surface area (Å²) in [7, 11) is 1.84. The first-order valence-electron chi connectivity index (χ1n) is 11.5. The van der Waals surface area contributed by atoms with Crippen LogP contribution in [0.3, 0.4) is 0 Å². The van der Waals surface area contributed by atoms with Gasteiger partial charge in [-0.25, -0.2) is 8.78 Å². The number of hydrogen-bond acceptors (Lipinski definition) is 6. The monoisotopic (exact) mass is 502 g/mol. The number of nitrogens with zero attached hydrogens (tertiary/aromatic N) is 3. The van der Waals surface area contributed by atoms with E-state index in [1.807, 2.05) is 30.2 Å². The van der Waals surface area contributed by atoms with E-state index in [4.69, 9.17) is 14.7 Å². The topological polar surface area (TPSA) is 87.5 Å². The van der Waals surface area contributed by atoms with Crippen molar-refractivity contribution in [1.82, 2.24) is 15.2 Å². The van der Waals surface area contributed by atoms with E-state index in [9.17, 15) is 13.6 Å². The number of ether oxygens (including phenoxy) is 2. The van der Waals surface area contributed by atoms with Gasteiger partial charge in [0.25, 0.3) is 17.7 Å². The van der Waals surface area contributed by atoms with Gasteiger partial charge in [-0.15, -0.1) is 0 Å². The highest BCUT2D eigenvalue weighted by atomic mass is 19.1. The van der Waals surface area contributed by atoms with Crippen LogP contribution in [0.1, 0.15) is 27.9 Å². The molecule has 1 aliphatic rings. The average Bonchev–Trinajstić information content (AvgIpc) is 2.92. The lowest BCUT2D eigenvalue weighted by Crippen LogP contribution is -2.29. The molecule has 0 bridgehead atoms. The Morgan fingerprint density at radius 2 is 1.84 bits per heavy atom. The molecule has 0 atom stereocenters. The van der Waals surface area contributed by atoms with E-state index in [2.05, 4.69) is 10.3 Å². The Kier molecular flexibility index (Phi) is 7.79. The summed E-state index contributed by atoms with van der Waals surface area (Å²) in [5.74, 6) is -2.57. The number of carbonyl (C=O) groups excluding carboxylic acids is 1. The summed E-state index contributed by atoms with van der Waals surface area (Å²) < 4.78 is 41.1. The lowest BCUT2D eigenvalue weighted by molar-refractivity contribution is 0.0953. The second kappa shape index (κ2) is 11.4. The predicted molar refractivity (Wildman–Crippen MR) is 133 cm³/mol. The highest BCUT2D eigenvalue weighted by Gasteiger charge is 2.23. The van der Waals surface area contributed by atoms with Gasteiger partial charge < -0.3 is 19.7 Å². The first-order valence-corrected chi connectivity index (χ1v) is 11.5. The molecule has 9 heteroatoms. The summed E-state index contributed by atoms with van der Waals surface area (Å²) in [6.07, 6.45) is 3.92. The summed E-state index contributed by atoms with van der Waals surface area (Å²) >= 11 is 0. The number of carbonyl (C=O) groups is 1. The van der Waals surface area contributed by atoms with Crippen molar-refractivity contribution >= 4 is 5.91 Å². The summed E-state index contributed by atoms with van der Waals surface area (Å²) in [6, 6.07) is 16.9. The van der Waals surface area contributed by atoms with E-state index in [0.717, 1.165) is 0 Å². The fourth-order valence-corrected chi connectivity index (χ4v) is 3.69. The first-order chi connectivity index (χ1) is 17.9. The molecule has 0 saturated carbocycles. The number of amides is 1. The van der Waals surface area contributed by atoms with E-state index in [1.54, 1.807) is 42.5 Å². The van der Waals surface area contributed by atoms with Crippen LogP contribution in [0.5, 0.6) is 17.5 Å². The molecule has 0 spiro atoms. The summed E-state index contributed by atoms with van der Waals surface area (Å²) in [5.41, 5.74) is 1.26. The molecule has 0 saturated heterocycles. The average molecular weight is 503 g/mol. The van der Waals surface area contributed by atoms with E-state index in [0.29, 0.717) is 42.1 Å². The fourth-order valence-electron chi connectivity index (χ4n) is 3.69. The van der Waals surface area contributed by atoms with Crippen LogP contribution < -0.4 is 14.8 Å². The predicted octanol–water partition coefficient (Wildman–Crippen LogP) is 5.24. The van der Waals surface area contributed by atoms with Crippen molar-refractivity contribution in [2.24, 2.45) is 0 Å². The number of rotatable bonds is 8. The maximum Gasteiger partial charge on any atom is 0.259 e. The molecule has 4 rings (SSSR count). The Hall–Kier alpha value is -4.71. The Morgan fingerprint density at radius 3 is 2.57 bits per heavy atom. The second-order valence-corrected chi connectivity index (χ2v) is 8.28. The van der Waals surface area contributed by atoms with Crippen LogP contribution >= 0.6 is 0 Å². The van der Waals surface area contributed by atoms with Gasteiger partial charge in [0.15, 0.2) is 11.6 Å². The SMILES string of the molecule is Cc1c(F)c(OC2=C(CCNC(=O)c3ccccc3)N(C)CC=C2)nc(Oc2cccc(C#N)c2)c1F. The Balaban J connectivity index is 1.56. The second-order valence-electron chi connectivity index (χ2n) is 8.28. The van der Waals surface area contributed by atoms with Gasteiger partial charge in [0.1, 0.15) is 11.5 Å². The molecule has 1 amide bonds. The summed E-state index contributed by atoms with van der Waals surface area (Å²) in [4.78, 5) is 18.2. The van der Waals surface area contributed by atoms with Crippen LogP contribution in [0.15, 0.2) is 78.2 Å². The molecule has 2 aromatic carbocycles. The number of benzene rings is 2. The van der Waals surface area contributed by atoms with Crippen LogP contribution in [-0.2, 0) is 0 Å². The van der Waals surface area contributed by atoms with Crippen molar-refractivity contribution in [3.63, 3.8) is 0 Å². The van der Waals surface area contributed by atoms with Crippen molar-refractivity contribution in [3.8, 4) is 23.6 Å². The van der Waals surface area contributed by atoms with E-state index in [1.165, 1.54) is 19.1 Å². The van der Waals surface area contributed by atoms with Gasteiger partial charge in [-0.2, -0.15) is 10.2 Å². The van der Waals surface area contributed by atoms with E-state index < -0.39 is 23.4 Å². The van der Waals surface area contributed by atoms with Gasteiger partial charge in [-0.05, 0) is 43.3 Å². The number of halogens is 2. The van der Waals surface area contributed by atoms with Crippen LogP contribution in [-0.4, -0.2) is 35.9 Å². The lowest BCUT2D eigenvalue weighted by atomic mass is 10.1. The molecule has 0 fully saturated rings. The Labute approximate surface area is 213 Å². The highest BCUT2D eigenvalue weighted by Crippen LogP contribution is 2.32. The highest BCUT2D eigenvalue weighted by molar-refractivity contribution is 5.94. The first kappa shape index (κ1) is 25.4. The quantitative estimate of drug-likeness (QED) is 0.453. The molecule has 1 aromatic heterocycles. The third-order valence-corrected chi connectivity index (χ3v) is 5.70. The third-order valence-electron chi connectivity index (χ3n) is 5.70. The molecule has 2 heterocycles. The molecular weight excluding hydrogens is 478 g/mol. The molecule has 0 unspecified atom stereocenters. The van der Waals surface area contributed by atoms with Crippen LogP contribution in [0, 0.1) is 29.9 Å². The molecular formula is C28H24F2N4O3. The lowest BCUT2D eigenvalue weighted by Gasteiger charge is -2.27. The number of pyridine rings is 1. The van der Waals surface area contributed by atoms with Gasteiger partial charge in [0.05, 0.1) is 17.3 Å². The zero-order valence-corrected chi connectivity index (χ0v) is 20.3. The van der Waals surface area contributed by atoms with Crippen molar-refractivity contribution in [2.45, 2.75) is 13.3 Å². The van der Waals surface area contributed by atoms with Crippen LogP contribution in [0.4, 0.5) is 8.78 Å². The van der Waals surface area contributed by atoms with Gasteiger partial charge >= 0.3 is 0 Å². The van der Waals surface area contributed by atoms with Crippen LogP contribution in [0.25, 0.3) is 0 Å². The van der Waals surface area contributed by atoms with Gasteiger partial charge in [-0.1, -0.05) is 30.3 Å².